The quantitative estimate of drug-likeness (QED) is 0.792. The maximum atomic E-state index is 11.7. The largest absolute Gasteiger partial charge is 0.508 e. The summed E-state index contributed by atoms with van der Waals surface area (Å²) >= 11 is 0. The van der Waals surface area contributed by atoms with Crippen LogP contribution in [0.5, 0.6) is 5.75 Å². The molecule has 1 aromatic rings. The Morgan fingerprint density at radius 3 is 2.50 bits per heavy atom. The van der Waals surface area contributed by atoms with Crippen LogP contribution in [0.3, 0.4) is 0 Å². The van der Waals surface area contributed by atoms with Crippen LogP contribution in [-0.4, -0.2) is 41.7 Å². The van der Waals surface area contributed by atoms with Crippen molar-refractivity contribution in [3.05, 3.63) is 29.8 Å². The lowest BCUT2D eigenvalue weighted by molar-refractivity contribution is -0.136. The number of benzene rings is 1. The number of hydrogen-bond donors (Lipinski definition) is 2. The molecule has 100 valence electrons. The zero-order valence-corrected chi connectivity index (χ0v) is 10.7. The number of aliphatic carboxylic acids is 1. The number of phenols is 1. The van der Waals surface area contributed by atoms with Crippen molar-refractivity contribution in [1.82, 2.24) is 4.31 Å². The molecule has 0 aliphatic carbocycles. The van der Waals surface area contributed by atoms with Gasteiger partial charge in [0.25, 0.3) is 0 Å². The third-order valence-corrected chi connectivity index (χ3v) is 4.23. The molecule has 0 aromatic heterocycles. The van der Waals surface area contributed by atoms with E-state index in [1.807, 2.05) is 0 Å². The molecule has 0 bridgehead atoms. The molecule has 0 heterocycles. The second kappa shape index (κ2) is 5.83. The van der Waals surface area contributed by atoms with Crippen molar-refractivity contribution in [3.63, 3.8) is 0 Å². The second-order valence-corrected chi connectivity index (χ2v) is 6.04. The molecule has 0 radical (unpaired) electrons. The summed E-state index contributed by atoms with van der Waals surface area (Å²) in [6.07, 6.45) is -0.437. The van der Waals surface area contributed by atoms with E-state index >= 15 is 0 Å². The Morgan fingerprint density at radius 1 is 1.33 bits per heavy atom. The average molecular weight is 273 g/mol. The van der Waals surface area contributed by atoms with Crippen LogP contribution in [0.2, 0.25) is 0 Å². The fourth-order valence-corrected chi connectivity index (χ4v) is 2.43. The maximum absolute atomic E-state index is 11.7. The third kappa shape index (κ3) is 4.01. The van der Waals surface area contributed by atoms with E-state index in [-0.39, 0.29) is 12.3 Å². The molecule has 0 unspecified atom stereocenters. The standard InChI is InChI=1S/C11H15NO5S/c1-12(18(16,17)7-6-11(14)15)8-9-4-2-3-5-10(9)13/h2-5,13H,6-8H2,1H3,(H,14,15). The van der Waals surface area contributed by atoms with Crippen molar-refractivity contribution in [2.45, 2.75) is 13.0 Å². The van der Waals surface area contributed by atoms with Gasteiger partial charge in [-0.1, -0.05) is 18.2 Å². The summed E-state index contributed by atoms with van der Waals surface area (Å²) in [6.45, 7) is 0.00856. The molecule has 0 spiro atoms. The minimum atomic E-state index is -3.63. The number of rotatable bonds is 6. The summed E-state index contributed by atoms with van der Waals surface area (Å²) in [5.74, 6) is -1.60. The molecule has 0 saturated carbocycles. The first kappa shape index (κ1) is 14.5. The SMILES string of the molecule is CN(Cc1ccccc1O)S(=O)(=O)CCC(=O)O. The van der Waals surface area contributed by atoms with E-state index in [9.17, 15) is 18.3 Å². The van der Waals surface area contributed by atoms with Crippen LogP contribution in [0.15, 0.2) is 24.3 Å². The van der Waals surface area contributed by atoms with Gasteiger partial charge in [0.1, 0.15) is 5.75 Å². The first-order chi connectivity index (χ1) is 8.33. The maximum Gasteiger partial charge on any atom is 0.304 e. The van der Waals surface area contributed by atoms with E-state index in [2.05, 4.69) is 0 Å². The Labute approximate surface area is 106 Å². The van der Waals surface area contributed by atoms with Gasteiger partial charge in [0.05, 0.1) is 12.2 Å². The van der Waals surface area contributed by atoms with Gasteiger partial charge in [-0.05, 0) is 6.07 Å². The summed E-state index contributed by atoms with van der Waals surface area (Å²) in [4.78, 5) is 10.4. The number of hydrogen-bond acceptors (Lipinski definition) is 4. The molecule has 0 saturated heterocycles. The predicted octanol–water partition coefficient (Wildman–Crippen LogP) is 0.629. The van der Waals surface area contributed by atoms with Crippen molar-refractivity contribution in [1.29, 1.82) is 0 Å². The van der Waals surface area contributed by atoms with Gasteiger partial charge >= 0.3 is 5.97 Å². The number of phenolic OH excluding ortho intramolecular Hbond substituents is 1. The van der Waals surface area contributed by atoms with E-state index in [1.54, 1.807) is 18.2 Å². The van der Waals surface area contributed by atoms with Crippen molar-refractivity contribution in [2.24, 2.45) is 0 Å². The van der Waals surface area contributed by atoms with E-state index in [4.69, 9.17) is 5.11 Å². The van der Waals surface area contributed by atoms with Gasteiger partial charge in [0.15, 0.2) is 0 Å². The van der Waals surface area contributed by atoms with Crippen LogP contribution in [-0.2, 0) is 21.4 Å². The number of carboxylic acid groups (broad SMARTS) is 1. The average Bonchev–Trinajstić information content (AvgIpc) is 2.29. The Balaban J connectivity index is 2.73. The number of carbonyl (C=O) groups is 1. The van der Waals surface area contributed by atoms with E-state index < -0.39 is 28.2 Å². The number of sulfonamides is 1. The van der Waals surface area contributed by atoms with Gasteiger partial charge in [-0.25, -0.2) is 12.7 Å². The lowest BCUT2D eigenvalue weighted by Gasteiger charge is -2.17. The van der Waals surface area contributed by atoms with Crippen LogP contribution in [0, 0.1) is 0 Å². The molecule has 0 amide bonds. The Bertz CT molecular complexity index is 526. The van der Waals surface area contributed by atoms with Gasteiger partial charge in [-0.2, -0.15) is 0 Å². The van der Waals surface area contributed by atoms with Crippen molar-refractivity contribution < 1.29 is 23.4 Å². The predicted molar refractivity (Wildman–Crippen MR) is 65.6 cm³/mol. The molecule has 0 fully saturated rings. The summed E-state index contributed by atoms with van der Waals surface area (Å²) in [6, 6.07) is 6.40. The minimum absolute atomic E-state index is 0.00856. The summed E-state index contributed by atoms with van der Waals surface area (Å²) < 4.78 is 24.5. The third-order valence-electron chi connectivity index (χ3n) is 2.43. The zero-order valence-electron chi connectivity index (χ0n) is 9.91. The fraction of sp³-hybridized carbons (Fsp3) is 0.364. The molecule has 6 nitrogen and oxygen atoms in total. The molecule has 18 heavy (non-hydrogen) atoms. The Hall–Kier alpha value is -1.60. The molecule has 0 atom stereocenters. The normalized spacial score (nSPS) is 11.7. The molecular weight excluding hydrogens is 258 g/mol. The smallest absolute Gasteiger partial charge is 0.304 e. The van der Waals surface area contributed by atoms with Crippen LogP contribution < -0.4 is 0 Å². The highest BCUT2D eigenvalue weighted by atomic mass is 32.2. The van der Waals surface area contributed by atoms with Gasteiger partial charge in [0.2, 0.25) is 10.0 Å². The highest BCUT2D eigenvalue weighted by molar-refractivity contribution is 7.89. The fourth-order valence-electron chi connectivity index (χ4n) is 1.35. The van der Waals surface area contributed by atoms with Crippen molar-refractivity contribution >= 4 is 16.0 Å². The highest BCUT2D eigenvalue weighted by Gasteiger charge is 2.20. The summed E-state index contributed by atoms with van der Waals surface area (Å²) in [5.41, 5.74) is 0.471. The topological polar surface area (TPSA) is 94.9 Å². The Kier molecular flexibility index (Phi) is 4.69. The number of aromatic hydroxyl groups is 1. The van der Waals surface area contributed by atoms with E-state index in [0.717, 1.165) is 4.31 Å². The monoisotopic (exact) mass is 273 g/mol. The van der Waals surface area contributed by atoms with Crippen LogP contribution >= 0.6 is 0 Å². The van der Waals surface area contributed by atoms with Crippen molar-refractivity contribution in [3.8, 4) is 5.75 Å². The molecule has 1 aromatic carbocycles. The minimum Gasteiger partial charge on any atom is -0.508 e. The molecular formula is C11H15NO5S. The van der Waals surface area contributed by atoms with Crippen LogP contribution in [0.25, 0.3) is 0 Å². The van der Waals surface area contributed by atoms with Crippen LogP contribution in [0.1, 0.15) is 12.0 Å². The van der Waals surface area contributed by atoms with Gasteiger partial charge in [-0.3, -0.25) is 4.79 Å². The van der Waals surface area contributed by atoms with E-state index in [1.165, 1.54) is 13.1 Å². The molecule has 7 heteroatoms. The molecule has 0 aliphatic rings. The first-order valence-corrected chi connectivity index (χ1v) is 6.86. The Morgan fingerprint density at radius 2 is 1.94 bits per heavy atom. The lowest BCUT2D eigenvalue weighted by Crippen LogP contribution is -2.29. The number of para-hydroxylation sites is 1. The summed E-state index contributed by atoms with van der Waals surface area (Å²) in [5, 5.41) is 18.0. The van der Waals surface area contributed by atoms with Gasteiger partial charge < -0.3 is 10.2 Å². The first-order valence-electron chi connectivity index (χ1n) is 5.25. The van der Waals surface area contributed by atoms with Gasteiger partial charge in [0, 0.05) is 19.2 Å². The second-order valence-electron chi connectivity index (χ2n) is 3.84. The number of nitrogens with zero attached hydrogens (tertiary/aromatic N) is 1. The lowest BCUT2D eigenvalue weighted by atomic mass is 10.2. The van der Waals surface area contributed by atoms with E-state index in [0.29, 0.717) is 5.56 Å². The molecule has 1 rings (SSSR count). The zero-order chi connectivity index (χ0) is 13.8. The highest BCUT2D eigenvalue weighted by Crippen LogP contribution is 2.18. The molecule has 2 N–H and O–H groups in total. The van der Waals surface area contributed by atoms with Crippen LogP contribution in [0.4, 0.5) is 0 Å². The van der Waals surface area contributed by atoms with Crippen molar-refractivity contribution in [2.75, 3.05) is 12.8 Å². The number of carboxylic acids is 1. The van der Waals surface area contributed by atoms with Gasteiger partial charge in [-0.15, -0.1) is 0 Å². The molecule has 0 aliphatic heterocycles. The summed E-state index contributed by atoms with van der Waals surface area (Å²) in [7, 11) is -2.28.